The highest BCUT2D eigenvalue weighted by atomic mass is 35.5. The molecule has 0 aliphatic heterocycles. The molecular weight excluding hydrogens is 554 g/mol. The van der Waals surface area contributed by atoms with Crippen LogP contribution >= 0.6 is 22.9 Å². The molecule has 0 amide bonds. The molecule has 6 aromatic carbocycles. The van der Waals surface area contributed by atoms with E-state index in [0.29, 0.717) is 11.6 Å². The van der Waals surface area contributed by atoms with Gasteiger partial charge in [0.1, 0.15) is 0 Å². The number of fused-ring (bicyclic) bond motifs is 4. The number of benzene rings is 6. The maximum absolute atomic E-state index is 6.48. The van der Waals surface area contributed by atoms with Crippen LogP contribution < -0.4 is 0 Å². The van der Waals surface area contributed by atoms with Crippen molar-refractivity contribution in [3.63, 3.8) is 0 Å². The fourth-order valence-electron chi connectivity index (χ4n) is 5.59. The predicted molar refractivity (Wildman–Crippen MR) is 177 cm³/mol. The molecule has 8 aromatic rings. The van der Waals surface area contributed by atoms with Crippen LogP contribution in [0.4, 0.5) is 0 Å². The molecule has 0 spiro atoms. The van der Waals surface area contributed by atoms with Crippen molar-refractivity contribution in [3.8, 4) is 45.0 Å². The van der Waals surface area contributed by atoms with Gasteiger partial charge in [-0.3, -0.25) is 0 Å². The first-order chi connectivity index (χ1) is 20.7. The van der Waals surface area contributed by atoms with E-state index in [2.05, 4.69) is 125 Å². The van der Waals surface area contributed by atoms with E-state index in [9.17, 15) is 0 Å². The lowest BCUT2D eigenvalue weighted by atomic mass is 9.98. The zero-order valence-electron chi connectivity index (χ0n) is 22.3. The summed E-state index contributed by atoms with van der Waals surface area (Å²) in [5.41, 5.74) is 6.43. The number of rotatable bonds is 4. The van der Waals surface area contributed by atoms with E-state index < -0.39 is 0 Å². The monoisotopic (exact) mass is 575 g/mol. The smallest absolute Gasteiger partial charge is 0.208 e. The second-order valence-corrected chi connectivity index (χ2v) is 11.7. The average Bonchev–Trinajstić information content (AvgIpc) is 3.42. The van der Waals surface area contributed by atoms with Gasteiger partial charge in [-0.05, 0) is 62.8 Å². The van der Waals surface area contributed by atoms with Crippen molar-refractivity contribution in [1.29, 1.82) is 0 Å². The van der Waals surface area contributed by atoms with Crippen LogP contribution in [0.3, 0.4) is 0 Å². The number of nitrogens with zero attached hydrogens (tertiary/aromatic N) is 3. The molecule has 8 rings (SSSR count). The third-order valence-electron chi connectivity index (χ3n) is 7.69. The van der Waals surface area contributed by atoms with Gasteiger partial charge < -0.3 is 0 Å². The van der Waals surface area contributed by atoms with Gasteiger partial charge in [0.25, 0.3) is 0 Å². The highest BCUT2D eigenvalue weighted by molar-refractivity contribution is 7.25. The predicted octanol–water partition coefficient (Wildman–Crippen LogP) is 10.7. The summed E-state index contributed by atoms with van der Waals surface area (Å²) in [4.78, 5) is 13.9. The van der Waals surface area contributed by atoms with E-state index in [1.54, 1.807) is 0 Å². The first kappa shape index (κ1) is 24.9. The molecule has 5 heteroatoms. The molecule has 3 nitrogen and oxygen atoms in total. The van der Waals surface area contributed by atoms with E-state index >= 15 is 0 Å². The molecule has 0 N–H and O–H groups in total. The molecule has 0 aliphatic carbocycles. The molecule has 0 fully saturated rings. The maximum atomic E-state index is 6.48. The van der Waals surface area contributed by atoms with Crippen LogP contribution in [-0.4, -0.2) is 15.0 Å². The molecule has 0 saturated carbocycles. The summed E-state index contributed by atoms with van der Waals surface area (Å²) in [6, 6.07) is 46.6. The number of hydrogen-bond acceptors (Lipinski definition) is 4. The number of aromatic nitrogens is 3. The molecule has 0 saturated heterocycles. The second-order valence-electron chi connectivity index (χ2n) is 10.2. The molecule has 0 atom stereocenters. The molecule has 0 unspecified atom stereocenters. The van der Waals surface area contributed by atoms with Crippen LogP contribution in [0, 0.1) is 0 Å². The fourth-order valence-corrected chi connectivity index (χ4v) is 6.90. The lowest BCUT2D eigenvalue weighted by molar-refractivity contribution is 1.07. The second kappa shape index (κ2) is 10.2. The Morgan fingerprint density at radius 1 is 0.429 bits per heavy atom. The van der Waals surface area contributed by atoms with Gasteiger partial charge in [0.05, 0.1) is 0 Å². The zero-order chi connectivity index (χ0) is 28.0. The number of hydrogen-bond donors (Lipinski definition) is 0. The van der Waals surface area contributed by atoms with Crippen LogP contribution in [0.2, 0.25) is 5.28 Å². The van der Waals surface area contributed by atoms with Crippen LogP contribution in [0.15, 0.2) is 133 Å². The van der Waals surface area contributed by atoms with Gasteiger partial charge in [-0.15, -0.1) is 11.3 Å². The zero-order valence-corrected chi connectivity index (χ0v) is 23.9. The maximum Gasteiger partial charge on any atom is 0.226 e. The minimum Gasteiger partial charge on any atom is -0.208 e. The van der Waals surface area contributed by atoms with Crippen molar-refractivity contribution < 1.29 is 0 Å². The van der Waals surface area contributed by atoms with E-state index in [1.807, 2.05) is 29.5 Å². The van der Waals surface area contributed by atoms with Crippen molar-refractivity contribution in [3.05, 3.63) is 139 Å². The lowest BCUT2D eigenvalue weighted by Gasteiger charge is -2.10. The average molecular weight is 576 g/mol. The van der Waals surface area contributed by atoms with Gasteiger partial charge in [-0.25, -0.2) is 4.98 Å². The van der Waals surface area contributed by atoms with E-state index in [1.165, 1.54) is 25.7 Å². The Labute approximate surface area is 251 Å². The first-order valence-corrected chi connectivity index (χ1v) is 14.9. The van der Waals surface area contributed by atoms with Crippen LogP contribution in [0.25, 0.3) is 76.0 Å². The Bertz CT molecular complexity index is 2260. The topological polar surface area (TPSA) is 38.7 Å². The Morgan fingerprint density at radius 3 is 1.98 bits per heavy atom. The van der Waals surface area contributed by atoms with Crippen LogP contribution in [0.1, 0.15) is 0 Å². The van der Waals surface area contributed by atoms with Crippen molar-refractivity contribution in [1.82, 2.24) is 15.0 Å². The molecule has 2 heterocycles. The normalized spacial score (nSPS) is 11.5. The van der Waals surface area contributed by atoms with Crippen molar-refractivity contribution in [2.45, 2.75) is 0 Å². The van der Waals surface area contributed by atoms with E-state index in [4.69, 9.17) is 16.6 Å². The molecule has 0 bridgehead atoms. The van der Waals surface area contributed by atoms with Crippen LogP contribution in [-0.2, 0) is 0 Å². The van der Waals surface area contributed by atoms with Gasteiger partial charge >= 0.3 is 0 Å². The molecule has 198 valence electrons. The highest BCUT2D eigenvalue weighted by Crippen LogP contribution is 2.37. The summed E-state index contributed by atoms with van der Waals surface area (Å²) in [5.74, 6) is 1.10. The third kappa shape index (κ3) is 4.42. The van der Waals surface area contributed by atoms with Gasteiger partial charge in [0.2, 0.25) is 5.28 Å². The van der Waals surface area contributed by atoms with Gasteiger partial charge in [-0.2, -0.15) is 9.97 Å². The lowest BCUT2D eigenvalue weighted by Crippen LogP contribution is -1.98. The Balaban J connectivity index is 1.16. The summed E-state index contributed by atoms with van der Waals surface area (Å²) in [5, 5.41) is 4.96. The Hall–Kier alpha value is -4.90. The first-order valence-electron chi connectivity index (χ1n) is 13.7. The van der Waals surface area contributed by atoms with E-state index in [0.717, 1.165) is 38.6 Å². The molecule has 2 aromatic heterocycles. The summed E-state index contributed by atoms with van der Waals surface area (Å²) in [6.45, 7) is 0. The van der Waals surface area contributed by atoms with Crippen molar-refractivity contribution in [2.24, 2.45) is 0 Å². The van der Waals surface area contributed by atoms with Crippen LogP contribution in [0.5, 0.6) is 0 Å². The van der Waals surface area contributed by atoms with Crippen molar-refractivity contribution >= 4 is 53.9 Å². The molecule has 0 aliphatic rings. The molecule has 0 radical (unpaired) electrons. The van der Waals surface area contributed by atoms with Gasteiger partial charge in [0.15, 0.2) is 11.6 Å². The van der Waals surface area contributed by atoms with Crippen molar-refractivity contribution in [2.75, 3.05) is 0 Å². The van der Waals surface area contributed by atoms with Gasteiger partial charge in [-0.1, -0.05) is 115 Å². The fraction of sp³-hybridized carbons (Fsp3) is 0. The largest absolute Gasteiger partial charge is 0.226 e. The highest BCUT2D eigenvalue weighted by Gasteiger charge is 2.14. The SMILES string of the molecule is Clc1nc(-c2ccc(-c3ccc4c(c3)sc3ccccc34)cc2)nc(-c2cccc3ccc(-c4ccccc4)cc23)n1. The molecule has 42 heavy (non-hydrogen) atoms. The number of halogens is 1. The number of thiophene rings is 1. The standard InChI is InChI=1S/C37H22ClN3S/c38-37-40-35(26-16-13-24(14-17-26)28-19-20-30-29-10-4-5-12-33(29)42-34(30)22-28)39-36(41-37)31-11-6-9-25-15-18-27(21-32(25)31)23-7-2-1-3-8-23/h1-22H. The van der Waals surface area contributed by atoms with E-state index in [-0.39, 0.29) is 5.28 Å². The summed E-state index contributed by atoms with van der Waals surface area (Å²) < 4.78 is 2.60. The van der Waals surface area contributed by atoms with Gasteiger partial charge in [0, 0.05) is 31.3 Å². The summed E-state index contributed by atoms with van der Waals surface area (Å²) in [6.07, 6.45) is 0. The Morgan fingerprint density at radius 2 is 1.10 bits per heavy atom. The Kier molecular flexibility index (Phi) is 6.03. The third-order valence-corrected chi connectivity index (χ3v) is 9.00. The minimum absolute atomic E-state index is 0.172. The minimum atomic E-state index is 0.172. The molecular formula is C37H22ClN3S. The quantitative estimate of drug-likeness (QED) is 0.209. The summed E-state index contributed by atoms with van der Waals surface area (Å²) >= 11 is 8.31. The summed E-state index contributed by atoms with van der Waals surface area (Å²) in [7, 11) is 0.